The van der Waals surface area contributed by atoms with Gasteiger partial charge in [-0.25, -0.2) is 4.39 Å². The van der Waals surface area contributed by atoms with Crippen LogP contribution in [0.1, 0.15) is 16.8 Å². The number of rotatable bonds is 4. The fraction of sp³-hybridized carbons (Fsp3) is 0.462. The zero-order chi connectivity index (χ0) is 13.0. The van der Waals surface area contributed by atoms with Crippen molar-refractivity contribution in [3.8, 4) is 0 Å². The van der Waals surface area contributed by atoms with Gasteiger partial charge in [-0.3, -0.25) is 4.79 Å². The number of ketones is 1. The molecule has 98 valence electrons. The summed E-state index contributed by atoms with van der Waals surface area (Å²) in [6.07, 6.45) is 0.331. The molecular weight excluding hydrogens is 255 g/mol. The van der Waals surface area contributed by atoms with Gasteiger partial charge >= 0.3 is 0 Å². The first-order valence-electron chi connectivity index (χ1n) is 6.08. The lowest BCUT2D eigenvalue weighted by atomic mass is 10.1. The van der Waals surface area contributed by atoms with Gasteiger partial charge in [0.15, 0.2) is 5.78 Å². The van der Waals surface area contributed by atoms with Gasteiger partial charge in [0.25, 0.3) is 0 Å². The van der Waals surface area contributed by atoms with E-state index in [1.165, 1.54) is 18.2 Å². The van der Waals surface area contributed by atoms with Gasteiger partial charge in [-0.05, 0) is 18.2 Å². The van der Waals surface area contributed by atoms with Gasteiger partial charge in [0.05, 0.1) is 5.56 Å². The molecule has 2 rings (SSSR count). The highest BCUT2D eigenvalue weighted by Crippen LogP contribution is 2.16. The van der Waals surface area contributed by atoms with Crippen LogP contribution < -0.4 is 5.32 Å². The number of carbonyl (C=O) groups excluding carboxylic acids is 1. The molecule has 1 aromatic carbocycles. The SMILES string of the molecule is O=C(CCN1CCNCC1)c1cc(Cl)ccc1F. The molecule has 0 aromatic heterocycles. The highest BCUT2D eigenvalue weighted by Gasteiger charge is 2.15. The number of benzene rings is 1. The third-order valence-electron chi connectivity index (χ3n) is 3.09. The van der Waals surface area contributed by atoms with E-state index in [2.05, 4.69) is 10.2 Å². The Morgan fingerprint density at radius 2 is 2.11 bits per heavy atom. The number of nitrogens with one attached hydrogen (secondary N) is 1. The lowest BCUT2D eigenvalue weighted by molar-refractivity contribution is 0.0956. The Hall–Kier alpha value is -0.970. The van der Waals surface area contributed by atoms with E-state index in [4.69, 9.17) is 11.6 Å². The highest BCUT2D eigenvalue weighted by molar-refractivity contribution is 6.31. The number of piperazine rings is 1. The zero-order valence-electron chi connectivity index (χ0n) is 10.1. The van der Waals surface area contributed by atoms with Crippen molar-refractivity contribution in [2.24, 2.45) is 0 Å². The second-order valence-corrected chi connectivity index (χ2v) is 4.83. The predicted octanol–water partition coefficient (Wildman–Crippen LogP) is 1.96. The molecule has 0 saturated carbocycles. The van der Waals surface area contributed by atoms with Crippen LogP contribution in [0.15, 0.2) is 18.2 Å². The van der Waals surface area contributed by atoms with Crippen LogP contribution in [0.25, 0.3) is 0 Å². The van der Waals surface area contributed by atoms with Gasteiger partial charge in [-0.1, -0.05) is 11.6 Å². The molecule has 0 amide bonds. The number of hydrogen-bond donors (Lipinski definition) is 1. The predicted molar refractivity (Wildman–Crippen MR) is 69.7 cm³/mol. The molecular formula is C13H16ClFN2O. The Morgan fingerprint density at radius 1 is 1.39 bits per heavy atom. The summed E-state index contributed by atoms with van der Waals surface area (Å²) in [5.74, 6) is -0.682. The van der Waals surface area contributed by atoms with Crippen molar-refractivity contribution in [2.75, 3.05) is 32.7 Å². The molecule has 1 aliphatic heterocycles. The summed E-state index contributed by atoms with van der Waals surface area (Å²) < 4.78 is 13.5. The molecule has 1 aromatic rings. The van der Waals surface area contributed by atoms with Crippen molar-refractivity contribution in [3.05, 3.63) is 34.6 Å². The minimum Gasteiger partial charge on any atom is -0.314 e. The van der Waals surface area contributed by atoms with E-state index in [0.29, 0.717) is 18.0 Å². The molecule has 0 atom stereocenters. The van der Waals surface area contributed by atoms with Crippen LogP contribution in [0.4, 0.5) is 4.39 Å². The van der Waals surface area contributed by atoms with E-state index in [0.717, 1.165) is 26.2 Å². The number of Topliss-reactive ketones (excluding diaryl/α,β-unsaturated/α-hetero) is 1. The average Bonchev–Trinajstić information content (AvgIpc) is 2.40. The van der Waals surface area contributed by atoms with Crippen LogP contribution in [0.5, 0.6) is 0 Å². The molecule has 0 bridgehead atoms. The largest absolute Gasteiger partial charge is 0.314 e. The van der Waals surface area contributed by atoms with Gasteiger partial charge in [0, 0.05) is 44.2 Å². The summed E-state index contributed by atoms with van der Waals surface area (Å²) in [4.78, 5) is 14.1. The lowest BCUT2D eigenvalue weighted by Crippen LogP contribution is -2.44. The topological polar surface area (TPSA) is 32.3 Å². The van der Waals surface area contributed by atoms with Gasteiger partial charge in [0.2, 0.25) is 0 Å². The van der Waals surface area contributed by atoms with Crippen LogP contribution >= 0.6 is 11.6 Å². The zero-order valence-corrected chi connectivity index (χ0v) is 10.8. The van der Waals surface area contributed by atoms with Gasteiger partial charge < -0.3 is 10.2 Å². The van der Waals surface area contributed by atoms with E-state index in [-0.39, 0.29) is 11.3 Å². The molecule has 1 fully saturated rings. The van der Waals surface area contributed by atoms with E-state index >= 15 is 0 Å². The molecule has 0 unspecified atom stereocenters. The van der Waals surface area contributed by atoms with Crippen molar-refractivity contribution in [1.29, 1.82) is 0 Å². The maximum atomic E-state index is 13.5. The third kappa shape index (κ3) is 3.51. The molecule has 1 heterocycles. The standard InChI is InChI=1S/C13H16ClFN2O/c14-10-1-2-12(15)11(9-10)13(18)3-6-17-7-4-16-5-8-17/h1-2,9,16H,3-8H2. The second kappa shape index (κ2) is 6.27. The van der Waals surface area contributed by atoms with Crippen LogP contribution in [0.3, 0.4) is 0 Å². The fourth-order valence-electron chi connectivity index (χ4n) is 2.04. The van der Waals surface area contributed by atoms with Crippen LogP contribution in [0.2, 0.25) is 5.02 Å². The van der Waals surface area contributed by atoms with Crippen LogP contribution in [0, 0.1) is 5.82 Å². The number of halogens is 2. The average molecular weight is 271 g/mol. The molecule has 0 radical (unpaired) electrons. The molecule has 0 spiro atoms. The first kappa shape index (κ1) is 13.5. The third-order valence-corrected chi connectivity index (χ3v) is 3.33. The van der Waals surface area contributed by atoms with E-state index in [1.807, 2.05) is 0 Å². The van der Waals surface area contributed by atoms with Gasteiger partial charge in [0.1, 0.15) is 5.82 Å². The highest BCUT2D eigenvalue weighted by atomic mass is 35.5. The summed E-state index contributed by atoms with van der Waals surface area (Å²) in [5.41, 5.74) is 0.0950. The van der Waals surface area contributed by atoms with Gasteiger partial charge in [-0.15, -0.1) is 0 Å². The maximum Gasteiger partial charge on any atom is 0.167 e. The van der Waals surface area contributed by atoms with Crippen molar-refractivity contribution in [3.63, 3.8) is 0 Å². The summed E-state index contributed by atoms with van der Waals surface area (Å²) >= 11 is 5.77. The van der Waals surface area contributed by atoms with E-state index < -0.39 is 5.82 Å². The first-order chi connectivity index (χ1) is 8.66. The Morgan fingerprint density at radius 3 is 2.83 bits per heavy atom. The molecule has 5 heteroatoms. The number of hydrogen-bond acceptors (Lipinski definition) is 3. The Bertz CT molecular complexity index is 433. The summed E-state index contributed by atoms with van der Waals surface area (Å²) in [6, 6.07) is 4.08. The lowest BCUT2D eigenvalue weighted by Gasteiger charge is -2.26. The van der Waals surface area contributed by atoms with Gasteiger partial charge in [-0.2, -0.15) is 0 Å². The van der Waals surface area contributed by atoms with Crippen molar-refractivity contribution in [2.45, 2.75) is 6.42 Å². The monoisotopic (exact) mass is 270 g/mol. The number of carbonyl (C=O) groups is 1. The smallest absolute Gasteiger partial charge is 0.167 e. The minimum absolute atomic E-state index is 0.0950. The maximum absolute atomic E-state index is 13.5. The van der Waals surface area contributed by atoms with E-state index in [1.54, 1.807) is 0 Å². The normalized spacial score (nSPS) is 16.8. The molecule has 18 heavy (non-hydrogen) atoms. The van der Waals surface area contributed by atoms with Crippen LogP contribution in [-0.2, 0) is 0 Å². The van der Waals surface area contributed by atoms with Crippen molar-refractivity contribution in [1.82, 2.24) is 10.2 Å². The Labute approximate surface area is 111 Å². The Kier molecular flexibility index (Phi) is 4.69. The first-order valence-corrected chi connectivity index (χ1v) is 6.46. The Balaban J connectivity index is 1.92. The molecule has 1 N–H and O–H groups in total. The second-order valence-electron chi connectivity index (χ2n) is 4.39. The van der Waals surface area contributed by atoms with Crippen LogP contribution in [-0.4, -0.2) is 43.4 Å². The van der Waals surface area contributed by atoms with E-state index in [9.17, 15) is 9.18 Å². The molecule has 1 saturated heterocycles. The summed E-state index contributed by atoms with van der Waals surface area (Å²) in [5, 5.41) is 3.64. The summed E-state index contributed by atoms with van der Waals surface area (Å²) in [7, 11) is 0. The minimum atomic E-state index is -0.496. The fourth-order valence-corrected chi connectivity index (χ4v) is 2.21. The summed E-state index contributed by atoms with van der Waals surface area (Å²) in [6.45, 7) is 4.43. The molecule has 0 aliphatic carbocycles. The number of nitrogens with zero attached hydrogens (tertiary/aromatic N) is 1. The molecule has 3 nitrogen and oxygen atoms in total. The molecule has 1 aliphatic rings. The van der Waals surface area contributed by atoms with Crippen molar-refractivity contribution < 1.29 is 9.18 Å². The van der Waals surface area contributed by atoms with Crippen molar-refractivity contribution >= 4 is 17.4 Å². The quantitative estimate of drug-likeness (QED) is 0.849.